The zero-order valence-electron chi connectivity index (χ0n) is 14.5. The number of para-hydroxylation sites is 1. The summed E-state index contributed by atoms with van der Waals surface area (Å²) in [5.74, 6) is -0.134. The van der Waals surface area contributed by atoms with Crippen LogP contribution >= 0.6 is 22.7 Å². The Balaban J connectivity index is 1.67. The van der Waals surface area contributed by atoms with Crippen molar-refractivity contribution in [3.63, 3.8) is 0 Å². The first-order chi connectivity index (χ1) is 13.1. The van der Waals surface area contributed by atoms with E-state index in [1.807, 2.05) is 29.8 Å². The molecule has 0 aliphatic carbocycles. The number of ether oxygens (including phenoxy) is 1. The number of thiazole rings is 1. The predicted molar refractivity (Wildman–Crippen MR) is 103 cm³/mol. The molecule has 0 aliphatic heterocycles. The summed E-state index contributed by atoms with van der Waals surface area (Å²) in [4.78, 5) is 18.0. The quantitative estimate of drug-likeness (QED) is 0.551. The maximum absolute atomic E-state index is 12.6. The molecule has 1 atom stereocenters. The van der Waals surface area contributed by atoms with Gasteiger partial charge in [0.25, 0.3) is 0 Å². The van der Waals surface area contributed by atoms with Gasteiger partial charge in [-0.1, -0.05) is 31.2 Å². The van der Waals surface area contributed by atoms with Crippen molar-refractivity contribution in [1.82, 2.24) is 10.3 Å². The zero-order valence-corrected chi connectivity index (χ0v) is 16.2. The fraction of sp³-hybridized carbons (Fsp3) is 0.263. The summed E-state index contributed by atoms with van der Waals surface area (Å²) < 4.78 is 29.8. The monoisotopic (exact) mass is 408 g/mol. The molecule has 0 saturated carbocycles. The van der Waals surface area contributed by atoms with Crippen molar-refractivity contribution >= 4 is 28.6 Å². The van der Waals surface area contributed by atoms with Gasteiger partial charge in [-0.3, -0.25) is 4.79 Å². The standard InChI is InChI=1S/C19H18F2N2O2S2/c1-2-14(13-6-3-4-7-15(13)25-19(20)21)23-17(24)10-12-11-27-18(22-12)16-8-5-9-26-16/h3-9,11,14,19H,2,10H2,1H3,(H,23,24). The minimum absolute atomic E-state index is 0.0771. The molecule has 2 aromatic heterocycles. The summed E-state index contributed by atoms with van der Waals surface area (Å²) in [6, 6.07) is 10.0. The summed E-state index contributed by atoms with van der Waals surface area (Å²) in [6.45, 7) is -1.04. The lowest BCUT2D eigenvalue weighted by molar-refractivity contribution is -0.121. The van der Waals surface area contributed by atoms with E-state index in [2.05, 4.69) is 15.0 Å². The lowest BCUT2D eigenvalue weighted by Crippen LogP contribution is -2.30. The maximum atomic E-state index is 12.6. The average Bonchev–Trinajstić information content (AvgIpc) is 3.31. The molecule has 1 unspecified atom stereocenters. The summed E-state index contributed by atoms with van der Waals surface area (Å²) >= 11 is 3.09. The molecule has 2 heterocycles. The van der Waals surface area contributed by atoms with E-state index in [1.54, 1.807) is 29.5 Å². The Kier molecular flexibility index (Phi) is 6.52. The number of benzene rings is 1. The third-order valence-corrected chi connectivity index (χ3v) is 5.81. The van der Waals surface area contributed by atoms with Gasteiger partial charge in [0.15, 0.2) is 0 Å². The highest BCUT2D eigenvalue weighted by Crippen LogP contribution is 2.29. The van der Waals surface area contributed by atoms with Gasteiger partial charge in [-0.25, -0.2) is 4.98 Å². The third-order valence-electron chi connectivity index (χ3n) is 3.88. The van der Waals surface area contributed by atoms with Crippen molar-refractivity contribution in [2.75, 3.05) is 0 Å². The minimum Gasteiger partial charge on any atom is -0.434 e. The second kappa shape index (κ2) is 9.05. The first-order valence-corrected chi connectivity index (χ1v) is 10.1. The van der Waals surface area contributed by atoms with E-state index in [-0.39, 0.29) is 18.1 Å². The summed E-state index contributed by atoms with van der Waals surface area (Å²) in [5, 5.41) is 7.62. The van der Waals surface area contributed by atoms with Crippen LogP contribution in [0.4, 0.5) is 8.78 Å². The number of alkyl halides is 2. The number of rotatable bonds is 8. The average molecular weight is 408 g/mol. The molecule has 0 aliphatic rings. The van der Waals surface area contributed by atoms with Crippen LogP contribution in [0.2, 0.25) is 0 Å². The second-order valence-corrected chi connectivity index (χ2v) is 7.55. The number of hydrogen-bond acceptors (Lipinski definition) is 5. The number of nitrogens with one attached hydrogen (secondary N) is 1. The van der Waals surface area contributed by atoms with Gasteiger partial charge in [-0.15, -0.1) is 22.7 Å². The molecule has 1 N–H and O–H groups in total. The Bertz CT molecular complexity index is 881. The summed E-state index contributed by atoms with van der Waals surface area (Å²) in [6.07, 6.45) is 0.684. The summed E-state index contributed by atoms with van der Waals surface area (Å²) in [7, 11) is 0. The van der Waals surface area contributed by atoms with Gasteiger partial charge < -0.3 is 10.1 Å². The zero-order chi connectivity index (χ0) is 19.2. The first kappa shape index (κ1) is 19.4. The number of amides is 1. The van der Waals surface area contributed by atoms with Crippen molar-refractivity contribution < 1.29 is 18.3 Å². The van der Waals surface area contributed by atoms with Crippen LogP contribution in [-0.2, 0) is 11.2 Å². The van der Waals surface area contributed by atoms with E-state index in [4.69, 9.17) is 0 Å². The van der Waals surface area contributed by atoms with Crippen molar-refractivity contribution in [2.24, 2.45) is 0 Å². The van der Waals surface area contributed by atoms with Crippen molar-refractivity contribution in [1.29, 1.82) is 0 Å². The molecule has 4 nitrogen and oxygen atoms in total. The van der Waals surface area contributed by atoms with Gasteiger partial charge in [0, 0.05) is 10.9 Å². The van der Waals surface area contributed by atoms with Crippen LogP contribution in [0.3, 0.4) is 0 Å². The topological polar surface area (TPSA) is 51.2 Å². The van der Waals surface area contributed by atoms with E-state index in [9.17, 15) is 13.6 Å². The number of aromatic nitrogens is 1. The van der Waals surface area contributed by atoms with Crippen molar-refractivity contribution in [3.8, 4) is 15.6 Å². The molecule has 0 radical (unpaired) electrons. The Morgan fingerprint density at radius 2 is 2.04 bits per heavy atom. The van der Waals surface area contributed by atoms with E-state index in [1.165, 1.54) is 17.4 Å². The molecule has 1 amide bonds. The Morgan fingerprint density at radius 1 is 1.22 bits per heavy atom. The Morgan fingerprint density at radius 3 is 2.74 bits per heavy atom. The van der Waals surface area contributed by atoms with Crippen LogP contribution < -0.4 is 10.1 Å². The molecule has 0 spiro atoms. The number of nitrogens with zero attached hydrogens (tertiary/aromatic N) is 1. The molecule has 27 heavy (non-hydrogen) atoms. The lowest BCUT2D eigenvalue weighted by Gasteiger charge is -2.20. The van der Waals surface area contributed by atoms with Crippen LogP contribution in [0.5, 0.6) is 5.75 Å². The lowest BCUT2D eigenvalue weighted by atomic mass is 10.0. The molecule has 1 aromatic carbocycles. The Hall–Kier alpha value is -2.32. The van der Waals surface area contributed by atoms with Crippen LogP contribution in [0.1, 0.15) is 30.6 Å². The van der Waals surface area contributed by atoms with Gasteiger partial charge in [0.2, 0.25) is 5.91 Å². The molecule has 0 fully saturated rings. The second-order valence-electron chi connectivity index (χ2n) is 5.74. The number of hydrogen-bond donors (Lipinski definition) is 1. The van der Waals surface area contributed by atoms with Gasteiger partial charge in [-0.2, -0.15) is 8.78 Å². The largest absolute Gasteiger partial charge is 0.434 e. The van der Waals surface area contributed by atoms with E-state index >= 15 is 0 Å². The third kappa shape index (κ3) is 5.11. The molecule has 0 bridgehead atoms. The SMILES string of the molecule is CCC(NC(=O)Cc1csc(-c2cccs2)n1)c1ccccc1OC(F)F. The highest BCUT2D eigenvalue weighted by molar-refractivity contribution is 7.20. The van der Waals surface area contributed by atoms with Crippen molar-refractivity contribution in [3.05, 3.63) is 58.4 Å². The number of carbonyl (C=O) groups is 1. The van der Waals surface area contributed by atoms with E-state index in [0.29, 0.717) is 17.7 Å². The Labute approximate surface area is 163 Å². The van der Waals surface area contributed by atoms with Crippen molar-refractivity contribution in [2.45, 2.75) is 32.4 Å². The highest BCUT2D eigenvalue weighted by Gasteiger charge is 2.19. The molecule has 8 heteroatoms. The molecular weight excluding hydrogens is 390 g/mol. The van der Waals surface area contributed by atoms with Gasteiger partial charge in [-0.05, 0) is 23.9 Å². The van der Waals surface area contributed by atoms with Crippen LogP contribution in [0.15, 0.2) is 47.2 Å². The molecule has 142 valence electrons. The number of halogens is 2. The summed E-state index contributed by atoms with van der Waals surface area (Å²) in [5.41, 5.74) is 1.22. The predicted octanol–water partition coefficient (Wildman–Crippen LogP) is 5.28. The minimum atomic E-state index is -2.91. The molecule has 0 saturated heterocycles. The molecule has 3 aromatic rings. The number of thiophene rings is 1. The van der Waals surface area contributed by atoms with Crippen LogP contribution in [0, 0.1) is 0 Å². The normalized spacial score (nSPS) is 12.1. The smallest absolute Gasteiger partial charge is 0.387 e. The van der Waals surface area contributed by atoms with E-state index < -0.39 is 12.7 Å². The van der Waals surface area contributed by atoms with E-state index in [0.717, 1.165) is 9.88 Å². The maximum Gasteiger partial charge on any atom is 0.387 e. The van der Waals surface area contributed by atoms with Crippen LogP contribution in [0.25, 0.3) is 9.88 Å². The number of carbonyl (C=O) groups excluding carboxylic acids is 1. The van der Waals surface area contributed by atoms with Gasteiger partial charge in [0.05, 0.1) is 23.0 Å². The highest BCUT2D eigenvalue weighted by atomic mass is 32.1. The first-order valence-electron chi connectivity index (χ1n) is 8.38. The fourth-order valence-electron chi connectivity index (χ4n) is 2.68. The molecule has 3 rings (SSSR count). The van der Waals surface area contributed by atoms with Crippen LogP contribution in [-0.4, -0.2) is 17.5 Å². The van der Waals surface area contributed by atoms with Gasteiger partial charge >= 0.3 is 6.61 Å². The van der Waals surface area contributed by atoms with Gasteiger partial charge in [0.1, 0.15) is 10.8 Å². The molecular formula is C19H18F2N2O2S2. The fourth-order valence-corrected chi connectivity index (χ4v) is 4.32.